The minimum absolute atomic E-state index is 0.168. The third-order valence-corrected chi connectivity index (χ3v) is 3.31. The number of rotatable bonds is 10. The topological polar surface area (TPSA) is 69.7 Å². The van der Waals surface area contributed by atoms with Crippen LogP contribution in [0.3, 0.4) is 0 Å². The van der Waals surface area contributed by atoms with Gasteiger partial charge in [0, 0.05) is 19.8 Å². The van der Waals surface area contributed by atoms with E-state index in [9.17, 15) is 4.79 Å². The number of anilines is 1. The molecular weight excluding hydrogens is 284 g/mol. The van der Waals surface area contributed by atoms with Gasteiger partial charge in [-0.05, 0) is 25.8 Å². The molecule has 6 nitrogen and oxygen atoms in total. The van der Waals surface area contributed by atoms with Crippen molar-refractivity contribution < 1.29 is 19.0 Å². The summed E-state index contributed by atoms with van der Waals surface area (Å²) in [5.41, 5.74) is -0.215. The number of pyridine rings is 1. The van der Waals surface area contributed by atoms with Crippen LogP contribution in [-0.2, 0) is 14.3 Å². The molecule has 1 heterocycles. The molecule has 22 heavy (non-hydrogen) atoms. The summed E-state index contributed by atoms with van der Waals surface area (Å²) in [5, 5.41) is 2.83. The summed E-state index contributed by atoms with van der Waals surface area (Å²) in [6.45, 7) is 7.24. The van der Waals surface area contributed by atoms with Crippen molar-refractivity contribution in [3.05, 3.63) is 18.3 Å². The molecule has 6 heteroatoms. The van der Waals surface area contributed by atoms with Crippen molar-refractivity contribution in [3.8, 4) is 5.88 Å². The fourth-order valence-corrected chi connectivity index (χ4v) is 1.69. The van der Waals surface area contributed by atoms with E-state index in [-0.39, 0.29) is 5.91 Å². The van der Waals surface area contributed by atoms with Crippen molar-refractivity contribution in [2.45, 2.75) is 39.2 Å². The van der Waals surface area contributed by atoms with E-state index in [2.05, 4.69) is 10.3 Å². The molecule has 1 N–H and O–H groups in total. The summed E-state index contributed by atoms with van der Waals surface area (Å²) in [6, 6.07) is 3.46. The first-order valence-corrected chi connectivity index (χ1v) is 7.59. The van der Waals surface area contributed by atoms with Crippen LogP contribution in [-0.4, -0.2) is 43.4 Å². The summed E-state index contributed by atoms with van der Waals surface area (Å²) in [6.07, 6.45) is 3.04. The zero-order valence-corrected chi connectivity index (χ0v) is 13.8. The number of carbonyl (C=O) groups excluding carboxylic acids is 1. The Hall–Kier alpha value is -1.66. The Morgan fingerprint density at radius 2 is 2.05 bits per heavy atom. The predicted octanol–water partition coefficient (Wildman–Crippen LogP) is 2.64. The van der Waals surface area contributed by atoms with E-state index in [4.69, 9.17) is 14.2 Å². The molecule has 1 rings (SSSR count). The van der Waals surface area contributed by atoms with Crippen LogP contribution in [0.4, 0.5) is 5.69 Å². The maximum Gasteiger partial charge on any atom is 0.256 e. The van der Waals surface area contributed by atoms with Gasteiger partial charge in [-0.2, -0.15) is 0 Å². The highest BCUT2D eigenvalue weighted by Gasteiger charge is 2.32. The van der Waals surface area contributed by atoms with Crippen molar-refractivity contribution in [2.75, 3.05) is 32.2 Å². The molecule has 124 valence electrons. The third kappa shape index (κ3) is 5.61. The molecule has 1 unspecified atom stereocenters. The second-order valence-corrected chi connectivity index (χ2v) is 5.11. The van der Waals surface area contributed by atoms with Gasteiger partial charge in [-0.15, -0.1) is 0 Å². The minimum atomic E-state index is -0.830. The number of hydrogen-bond acceptors (Lipinski definition) is 5. The van der Waals surface area contributed by atoms with Crippen LogP contribution in [0.5, 0.6) is 5.88 Å². The summed E-state index contributed by atoms with van der Waals surface area (Å²) >= 11 is 0. The quantitative estimate of drug-likeness (QED) is 0.673. The maximum atomic E-state index is 12.4. The largest absolute Gasteiger partial charge is 0.475 e. The van der Waals surface area contributed by atoms with Crippen LogP contribution in [0.15, 0.2) is 18.3 Å². The first-order valence-electron chi connectivity index (χ1n) is 7.59. The maximum absolute atomic E-state index is 12.4. The molecule has 0 aromatic carbocycles. The van der Waals surface area contributed by atoms with Gasteiger partial charge in [0.15, 0.2) is 0 Å². The Morgan fingerprint density at radius 1 is 1.27 bits per heavy atom. The lowest BCUT2D eigenvalue weighted by molar-refractivity contribution is -0.139. The standard InChI is InChI=1S/C16H26N2O4/c1-5-9-22-16(3,6-2)15(19)18-13-7-8-14(17-12-13)21-11-10-20-4/h7-8,12H,5-6,9-11H2,1-4H3,(H,18,19). The molecule has 1 atom stereocenters. The normalized spacial score (nSPS) is 13.5. The average molecular weight is 310 g/mol. The van der Waals surface area contributed by atoms with Crippen LogP contribution in [0.1, 0.15) is 33.6 Å². The minimum Gasteiger partial charge on any atom is -0.475 e. The van der Waals surface area contributed by atoms with Gasteiger partial charge < -0.3 is 19.5 Å². The van der Waals surface area contributed by atoms with Crippen LogP contribution in [0.25, 0.3) is 0 Å². The number of carbonyl (C=O) groups is 1. The molecule has 0 spiro atoms. The van der Waals surface area contributed by atoms with E-state index < -0.39 is 5.60 Å². The molecule has 0 aliphatic heterocycles. The molecule has 1 amide bonds. The smallest absolute Gasteiger partial charge is 0.256 e. The highest BCUT2D eigenvalue weighted by molar-refractivity contribution is 5.96. The molecular formula is C16H26N2O4. The molecule has 1 aromatic heterocycles. The molecule has 0 saturated heterocycles. The van der Waals surface area contributed by atoms with Crippen molar-refractivity contribution >= 4 is 11.6 Å². The fraction of sp³-hybridized carbons (Fsp3) is 0.625. The van der Waals surface area contributed by atoms with Crippen molar-refractivity contribution in [3.63, 3.8) is 0 Å². The van der Waals surface area contributed by atoms with Gasteiger partial charge in [0.1, 0.15) is 12.2 Å². The monoisotopic (exact) mass is 310 g/mol. The molecule has 1 aromatic rings. The number of nitrogens with zero attached hydrogens (tertiary/aromatic N) is 1. The predicted molar refractivity (Wildman–Crippen MR) is 85.2 cm³/mol. The van der Waals surface area contributed by atoms with Crippen molar-refractivity contribution in [1.82, 2.24) is 4.98 Å². The van der Waals surface area contributed by atoms with E-state index in [1.807, 2.05) is 13.8 Å². The van der Waals surface area contributed by atoms with Gasteiger partial charge in [0.2, 0.25) is 5.88 Å². The second kappa shape index (κ2) is 9.38. The third-order valence-electron chi connectivity index (χ3n) is 3.31. The van der Waals surface area contributed by atoms with Crippen LogP contribution in [0.2, 0.25) is 0 Å². The lowest BCUT2D eigenvalue weighted by Crippen LogP contribution is -2.42. The summed E-state index contributed by atoms with van der Waals surface area (Å²) < 4.78 is 16.0. The summed E-state index contributed by atoms with van der Waals surface area (Å²) in [5.74, 6) is 0.328. The molecule has 0 saturated carbocycles. The van der Waals surface area contributed by atoms with Crippen LogP contribution >= 0.6 is 0 Å². The second-order valence-electron chi connectivity index (χ2n) is 5.11. The van der Waals surface area contributed by atoms with Gasteiger partial charge >= 0.3 is 0 Å². The van der Waals surface area contributed by atoms with Crippen molar-refractivity contribution in [1.29, 1.82) is 0 Å². The molecule has 0 fully saturated rings. The van der Waals surface area contributed by atoms with Crippen LogP contribution in [0, 0.1) is 0 Å². The van der Waals surface area contributed by atoms with E-state index in [1.54, 1.807) is 32.4 Å². The number of aromatic nitrogens is 1. The number of ether oxygens (including phenoxy) is 3. The van der Waals surface area contributed by atoms with E-state index >= 15 is 0 Å². The molecule has 0 bridgehead atoms. The summed E-state index contributed by atoms with van der Waals surface area (Å²) in [7, 11) is 1.61. The number of hydrogen-bond donors (Lipinski definition) is 1. The van der Waals surface area contributed by atoms with Gasteiger partial charge in [0.05, 0.1) is 18.5 Å². The Bertz CT molecular complexity index is 450. The van der Waals surface area contributed by atoms with Gasteiger partial charge in [-0.25, -0.2) is 4.98 Å². The van der Waals surface area contributed by atoms with E-state index in [1.165, 1.54) is 0 Å². The van der Waals surface area contributed by atoms with E-state index in [0.717, 1.165) is 6.42 Å². The van der Waals surface area contributed by atoms with Crippen LogP contribution < -0.4 is 10.1 Å². The molecule has 0 radical (unpaired) electrons. The number of amides is 1. The Labute approximate surface area is 132 Å². The number of methoxy groups -OCH3 is 1. The first-order chi connectivity index (χ1) is 10.6. The first kappa shape index (κ1) is 18.4. The Morgan fingerprint density at radius 3 is 2.59 bits per heavy atom. The highest BCUT2D eigenvalue weighted by atomic mass is 16.5. The van der Waals surface area contributed by atoms with Gasteiger partial charge in [-0.1, -0.05) is 13.8 Å². The zero-order chi connectivity index (χ0) is 16.4. The lowest BCUT2D eigenvalue weighted by atomic mass is 10.0. The van der Waals surface area contributed by atoms with E-state index in [0.29, 0.717) is 37.8 Å². The SMILES string of the molecule is CCCOC(C)(CC)C(=O)Nc1ccc(OCCOC)nc1. The Balaban J connectivity index is 2.59. The summed E-state index contributed by atoms with van der Waals surface area (Å²) in [4.78, 5) is 16.5. The van der Waals surface area contributed by atoms with Gasteiger partial charge in [0.25, 0.3) is 5.91 Å². The van der Waals surface area contributed by atoms with Gasteiger partial charge in [-0.3, -0.25) is 4.79 Å². The van der Waals surface area contributed by atoms with Crippen molar-refractivity contribution in [2.24, 2.45) is 0 Å². The zero-order valence-electron chi connectivity index (χ0n) is 13.8. The number of nitrogens with one attached hydrogen (secondary N) is 1. The fourth-order valence-electron chi connectivity index (χ4n) is 1.69. The highest BCUT2D eigenvalue weighted by Crippen LogP contribution is 2.19. The average Bonchev–Trinajstić information content (AvgIpc) is 2.54. The lowest BCUT2D eigenvalue weighted by Gasteiger charge is -2.27. The molecule has 0 aliphatic rings. The Kier molecular flexibility index (Phi) is 7.84. The molecule has 0 aliphatic carbocycles.